The Morgan fingerprint density at radius 3 is 2.04 bits per heavy atom. The lowest BCUT2D eigenvalue weighted by atomic mass is 9.71. The van der Waals surface area contributed by atoms with Crippen LogP contribution >= 0.6 is 0 Å². The average molecular weight is 363 g/mol. The van der Waals surface area contributed by atoms with Gasteiger partial charge in [-0.2, -0.15) is 8.42 Å². The van der Waals surface area contributed by atoms with E-state index in [4.69, 9.17) is 4.28 Å². The zero-order valence-corrected chi connectivity index (χ0v) is 15.1. The maximum atomic E-state index is 12.7. The van der Waals surface area contributed by atoms with E-state index < -0.39 is 21.9 Å². The van der Waals surface area contributed by atoms with Gasteiger partial charge in [0.15, 0.2) is 0 Å². The van der Waals surface area contributed by atoms with Crippen molar-refractivity contribution in [3.05, 3.63) is 35.4 Å². The molecule has 0 radical (unpaired) electrons. The van der Waals surface area contributed by atoms with Gasteiger partial charge in [-0.1, -0.05) is 26.0 Å². The van der Waals surface area contributed by atoms with Gasteiger partial charge in [-0.25, -0.2) is 0 Å². The normalized spacial score (nSPS) is 34.0. The highest BCUT2D eigenvalue weighted by molar-refractivity contribution is 7.86. The number of carbonyl (C=O) groups is 2. The van der Waals surface area contributed by atoms with Gasteiger partial charge in [-0.15, -0.1) is 9.35 Å². The van der Waals surface area contributed by atoms with Crippen molar-refractivity contribution in [1.29, 1.82) is 0 Å². The summed E-state index contributed by atoms with van der Waals surface area (Å²) in [7, 11) is -4.07. The van der Waals surface area contributed by atoms with Crippen LogP contribution in [0.1, 0.15) is 60.2 Å². The lowest BCUT2D eigenvalue weighted by Gasteiger charge is -2.37. The average Bonchev–Trinajstić information content (AvgIpc) is 3.04. The Kier molecular flexibility index (Phi) is 3.44. The van der Waals surface area contributed by atoms with Crippen LogP contribution in [0.5, 0.6) is 0 Å². The Hall–Kier alpha value is -1.73. The van der Waals surface area contributed by atoms with Crippen LogP contribution in [0, 0.1) is 16.7 Å². The molecule has 1 heterocycles. The highest BCUT2D eigenvalue weighted by Gasteiger charge is 2.60. The number of imide groups is 1. The van der Waals surface area contributed by atoms with E-state index in [1.165, 1.54) is 12.1 Å². The molecule has 3 aliphatic rings. The number of carbonyl (C=O) groups excluding carboxylic acids is 2. The highest BCUT2D eigenvalue weighted by Crippen LogP contribution is 2.66. The molecule has 1 aromatic carbocycles. The Morgan fingerprint density at radius 1 is 1.08 bits per heavy atom. The molecule has 0 aromatic heterocycles. The number of hydrogen-bond acceptors (Lipinski definition) is 5. The molecule has 2 bridgehead atoms. The topological polar surface area (TPSA) is 80.8 Å². The van der Waals surface area contributed by atoms with Crippen molar-refractivity contribution < 1.29 is 22.3 Å². The van der Waals surface area contributed by atoms with Crippen molar-refractivity contribution in [3.63, 3.8) is 0 Å². The van der Waals surface area contributed by atoms with E-state index in [1.807, 2.05) is 6.92 Å². The van der Waals surface area contributed by atoms with E-state index >= 15 is 0 Å². The van der Waals surface area contributed by atoms with E-state index in [9.17, 15) is 18.0 Å². The first kappa shape index (κ1) is 16.7. The summed E-state index contributed by atoms with van der Waals surface area (Å²) in [5, 5.41) is 0.391. The first-order valence-corrected chi connectivity index (χ1v) is 10.1. The minimum Gasteiger partial charge on any atom is -0.266 e. The van der Waals surface area contributed by atoms with Crippen molar-refractivity contribution in [2.75, 3.05) is 5.75 Å². The number of rotatable bonds is 4. The van der Waals surface area contributed by atoms with Gasteiger partial charge in [0.2, 0.25) is 0 Å². The number of benzene rings is 1. The maximum Gasteiger partial charge on any atom is 0.289 e. The molecule has 0 saturated heterocycles. The predicted octanol–water partition coefficient (Wildman–Crippen LogP) is 2.76. The number of nitrogens with zero attached hydrogens (tertiary/aromatic N) is 1. The summed E-state index contributed by atoms with van der Waals surface area (Å²) in [6.07, 6.45) is 4.07. The summed E-state index contributed by atoms with van der Waals surface area (Å²) in [6.45, 7) is 4.14. The van der Waals surface area contributed by atoms with Gasteiger partial charge in [0.1, 0.15) is 0 Å². The van der Waals surface area contributed by atoms with Gasteiger partial charge in [0, 0.05) is 0 Å². The molecular weight excluding hydrogens is 342 g/mol. The Balaban J connectivity index is 1.58. The Bertz CT molecular complexity index is 834. The maximum absolute atomic E-state index is 12.7. The third kappa shape index (κ3) is 2.29. The van der Waals surface area contributed by atoms with Gasteiger partial charge < -0.3 is 0 Å². The summed E-state index contributed by atoms with van der Waals surface area (Å²) < 4.78 is 30.4. The summed E-state index contributed by atoms with van der Waals surface area (Å²) in [5.74, 6) is -1.28. The third-order valence-corrected chi connectivity index (χ3v) is 8.12. The molecule has 0 spiro atoms. The van der Waals surface area contributed by atoms with Crippen LogP contribution < -0.4 is 0 Å². The van der Waals surface area contributed by atoms with Gasteiger partial charge in [-0.05, 0) is 54.6 Å². The van der Waals surface area contributed by atoms with Crippen LogP contribution in [0.2, 0.25) is 0 Å². The molecule has 1 atom stereocenters. The van der Waals surface area contributed by atoms with E-state index in [1.54, 1.807) is 12.1 Å². The summed E-state index contributed by atoms with van der Waals surface area (Å²) in [4.78, 5) is 24.6. The van der Waals surface area contributed by atoms with Crippen LogP contribution in [0.4, 0.5) is 0 Å². The SMILES string of the molecule is CC12CCC(CC1)C2(C)CS(=O)(=O)ON1C(=O)c2ccccc2C1=O. The molecule has 4 rings (SSSR count). The lowest BCUT2D eigenvalue weighted by molar-refractivity contribution is -0.0118. The summed E-state index contributed by atoms with van der Waals surface area (Å²) in [5.41, 5.74) is -0.0794. The van der Waals surface area contributed by atoms with Crippen molar-refractivity contribution in [2.24, 2.45) is 16.7 Å². The zero-order valence-electron chi connectivity index (χ0n) is 14.3. The molecule has 25 heavy (non-hydrogen) atoms. The Morgan fingerprint density at radius 2 is 1.60 bits per heavy atom. The minimum atomic E-state index is -4.07. The van der Waals surface area contributed by atoms with Crippen LogP contribution in [-0.2, 0) is 14.4 Å². The third-order valence-electron chi connectivity index (χ3n) is 6.79. The smallest absolute Gasteiger partial charge is 0.266 e. The zero-order chi connectivity index (χ0) is 18.0. The largest absolute Gasteiger partial charge is 0.289 e. The fourth-order valence-corrected chi connectivity index (χ4v) is 6.72. The van der Waals surface area contributed by atoms with Crippen molar-refractivity contribution >= 4 is 21.9 Å². The number of amides is 2. The van der Waals surface area contributed by atoms with E-state index in [2.05, 4.69) is 6.92 Å². The predicted molar refractivity (Wildman–Crippen MR) is 90.0 cm³/mol. The van der Waals surface area contributed by atoms with Crippen LogP contribution in [-0.4, -0.2) is 31.0 Å². The molecule has 2 aliphatic carbocycles. The van der Waals surface area contributed by atoms with Gasteiger partial charge in [0.05, 0.1) is 16.9 Å². The minimum absolute atomic E-state index is 0.0317. The van der Waals surface area contributed by atoms with Crippen molar-refractivity contribution in [1.82, 2.24) is 5.06 Å². The Labute approximate surface area is 147 Å². The molecule has 134 valence electrons. The molecule has 2 saturated carbocycles. The molecule has 2 amide bonds. The highest BCUT2D eigenvalue weighted by atomic mass is 32.2. The van der Waals surface area contributed by atoms with Crippen molar-refractivity contribution in [3.8, 4) is 0 Å². The molecule has 6 nitrogen and oxygen atoms in total. The number of hydroxylamine groups is 2. The second-order valence-corrected chi connectivity index (χ2v) is 9.53. The first-order chi connectivity index (χ1) is 11.7. The lowest BCUT2D eigenvalue weighted by Crippen LogP contribution is -2.41. The number of hydrogen-bond donors (Lipinski definition) is 0. The first-order valence-electron chi connectivity index (χ1n) is 8.57. The van der Waals surface area contributed by atoms with Crippen LogP contribution in [0.3, 0.4) is 0 Å². The van der Waals surface area contributed by atoms with Gasteiger partial charge >= 0.3 is 0 Å². The molecule has 2 fully saturated rings. The van der Waals surface area contributed by atoms with Gasteiger partial charge in [0.25, 0.3) is 21.9 Å². The summed E-state index contributed by atoms with van der Waals surface area (Å²) in [6, 6.07) is 6.23. The van der Waals surface area contributed by atoms with Crippen molar-refractivity contribution in [2.45, 2.75) is 39.5 Å². The fourth-order valence-electron chi connectivity index (χ4n) is 4.99. The van der Waals surface area contributed by atoms with E-state index in [-0.39, 0.29) is 27.7 Å². The van der Waals surface area contributed by atoms with Crippen LogP contribution in [0.15, 0.2) is 24.3 Å². The van der Waals surface area contributed by atoms with Gasteiger partial charge in [-0.3, -0.25) is 9.59 Å². The molecule has 1 unspecified atom stereocenters. The monoisotopic (exact) mass is 363 g/mol. The quantitative estimate of drug-likeness (QED) is 0.769. The standard InChI is InChI=1S/C18H21NO5S/c1-17-9-7-12(8-10-17)18(17,2)11-25(22,23)24-19-15(20)13-5-3-4-6-14(13)16(19)21/h3-6,12H,7-11H2,1-2H3. The second-order valence-electron chi connectivity index (χ2n) is 7.98. The fraction of sp³-hybridized carbons (Fsp3) is 0.556. The number of fused-ring (bicyclic) bond motifs is 3. The van der Waals surface area contributed by atoms with E-state index in [0.717, 1.165) is 25.7 Å². The molecular formula is C18H21NO5S. The summed E-state index contributed by atoms with van der Waals surface area (Å²) >= 11 is 0. The van der Waals surface area contributed by atoms with E-state index in [0.29, 0.717) is 11.0 Å². The molecule has 7 heteroatoms. The second kappa shape index (κ2) is 5.14. The molecule has 0 N–H and O–H groups in total. The van der Waals surface area contributed by atoms with Crippen LogP contribution in [0.25, 0.3) is 0 Å². The molecule has 1 aromatic rings. The molecule has 1 aliphatic heterocycles.